The molecule has 3 aromatic rings. The first-order valence-electron chi connectivity index (χ1n) is 9.39. The van der Waals surface area contributed by atoms with E-state index in [1.54, 1.807) is 12.1 Å². The molecule has 7 heteroatoms. The number of halogens is 3. The van der Waals surface area contributed by atoms with Crippen LogP contribution in [0.15, 0.2) is 47.0 Å². The number of amides is 1. The Morgan fingerprint density at radius 1 is 1.10 bits per heavy atom. The van der Waals surface area contributed by atoms with Crippen LogP contribution in [0.2, 0.25) is 0 Å². The van der Waals surface area contributed by atoms with Gasteiger partial charge in [-0.3, -0.25) is 4.79 Å². The highest BCUT2D eigenvalue weighted by Crippen LogP contribution is 2.44. The smallest absolute Gasteiger partial charge is 0.450 e. The predicted octanol–water partition coefficient (Wildman–Crippen LogP) is 5.80. The minimum atomic E-state index is -4.58. The number of nitrogens with zero attached hydrogens (tertiary/aromatic N) is 1. The number of fused-ring (bicyclic) bond motifs is 1. The van der Waals surface area contributed by atoms with Gasteiger partial charge in [0.2, 0.25) is 5.76 Å². The third kappa shape index (κ3) is 3.77. The van der Waals surface area contributed by atoms with Crippen LogP contribution in [-0.4, -0.2) is 10.9 Å². The van der Waals surface area contributed by atoms with E-state index in [9.17, 15) is 18.0 Å². The molecule has 29 heavy (non-hydrogen) atoms. The fraction of sp³-hybridized carbons (Fsp3) is 0.273. The zero-order valence-electron chi connectivity index (χ0n) is 15.8. The van der Waals surface area contributed by atoms with Gasteiger partial charge in [-0.15, -0.1) is 0 Å². The Labute approximate surface area is 165 Å². The molecule has 4 rings (SSSR count). The van der Waals surface area contributed by atoms with E-state index in [-0.39, 0.29) is 17.3 Å². The van der Waals surface area contributed by atoms with E-state index in [1.807, 2.05) is 19.1 Å². The zero-order chi connectivity index (χ0) is 20.6. The molecule has 0 bridgehead atoms. The third-order valence-corrected chi connectivity index (χ3v) is 5.11. The Balaban J connectivity index is 1.64. The zero-order valence-corrected chi connectivity index (χ0v) is 15.8. The molecule has 1 amide bonds. The quantitative estimate of drug-likeness (QED) is 0.605. The topological polar surface area (TPSA) is 55.1 Å². The second-order valence-corrected chi connectivity index (χ2v) is 7.11. The van der Waals surface area contributed by atoms with Crippen LogP contribution in [0.1, 0.15) is 45.8 Å². The fourth-order valence-corrected chi connectivity index (χ4v) is 3.70. The Kier molecular flexibility index (Phi) is 4.90. The lowest BCUT2D eigenvalue weighted by atomic mass is 9.92. The number of hydrogen-bond donors (Lipinski definition) is 1. The largest absolute Gasteiger partial charge is 0.456 e. The number of anilines is 1. The van der Waals surface area contributed by atoms with Crippen molar-refractivity contribution < 1.29 is 22.4 Å². The van der Waals surface area contributed by atoms with Gasteiger partial charge in [0, 0.05) is 34.9 Å². The van der Waals surface area contributed by atoms with E-state index < -0.39 is 11.9 Å². The van der Waals surface area contributed by atoms with Crippen molar-refractivity contribution >= 4 is 11.7 Å². The lowest BCUT2D eigenvalue weighted by molar-refractivity contribution is -0.152. The van der Waals surface area contributed by atoms with Crippen LogP contribution < -0.4 is 5.32 Å². The summed E-state index contributed by atoms with van der Waals surface area (Å²) in [5.74, 6) is -0.605. The standard InChI is InChI=1S/C22H19F3N2O2/c1-13-6-2-3-7-15(13)21(28)27-18-11-10-14(12-26-18)19-16-8-4-5-9-17(16)29-20(19)22(23,24)25/h2-3,6-7,10-12H,4-5,8-9H2,1H3,(H,26,27,28). The number of carbonyl (C=O) groups is 1. The fourth-order valence-electron chi connectivity index (χ4n) is 3.70. The summed E-state index contributed by atoms with van der Waals surface area (Å²) < 4.78 is 45.8. The maximum Gasteiger partial charge on any atom is 0.450 e. The van der Waals surface area contributed by atoms with E-state index in [0.29, 0.717) is 35.3 Å². The maximum atomic E-state index is 13.5. The monoisotopic (exact) mass is 400 g/mol. The van der Waals surface area contributed by atoms with Crippen molar-refractivity contribution in [2.45, 2.75) is 38.8 Å². The summed E-state index contributed by atoms with van der Waals surface area (Å²) in [7, 11) is 0. The van der Waals surface area contributed by atoms with Crippen LogP contribution in [0.25, 0.3) is 11.1 Å². The van der Waals surface area contributed by atoms with E-state index in [2.05, 4.69) is 10.3 Å². The molecule has 4 nitrogen and oxygen atoms in total. The highest BCUT2D eigenvalue weighted by Gasteiger charge is 2.41. The summed E-state index contributed by atoms with van der Waals surface area (Å²) in [6.07, 6.45) is -0.520. The third-order valence-electron chi connectivity index (χ3n) is 5.11. The van der Waals surface area contributed by atoms with Crippen molar-refractivity contribution in [2.24, 2.45) is 0 Å². The normalized spacial score (nSPS) is 13.8. The van der Waals surface area contributed by atoms with Crippen molar-refractivity contribution in [3.8, 4) is 11.1 Å². The first-order chi connectivity index (χ1) is 13.8. The number of hydrogen-bond acceptors (Lipinski definition) is 3. The number of alkyl halides is 3. The number of rotatable bonds is 3. The van der Waals surface area contributed by atoms with Crippen molar-refractivity contribution in [2.75, 3.05) is 5.32 Å². The molecular weight excluding hydrogens is 381 g/mol. The molecule has 0 radical (unpaired) electrons. The minimum Gasteiger partial charge on any atom is -0.456 e. The van der Waals surface area contributed by atoms with Crippen LogP contribution >= 0.6 is 0 Å². The van der Waals surface area contributed by atoms with Crippen molar-refractivity contribution in [1.82, 2.24) is 4.98 Å². The van der Waals surface area contributed by atoms with E-state index >= 15 is 0 Å². The molecule has 0 spiro atoms. The first-order valence-corrected chi connectivity index (χ1v) is 9.39. The minimum absolute atomic E-state index is 0.0662. The maximum absolute atomic E-state index is 13.5. The molecule has 0 aliphatic heterocycles. The SMILES string of the molecule is Cc1ccccc1C(=O)Nc1ccc(-c2c(C(F)(F)F)oc3c2CCCC3)cn1. The summed E-state index contributed by atoms with van der Waals surface area (Å²) in [5.41, 5.74) is 2.35. The summed E-state index contributed by atoms with van der Waals surface area (Å²) >= 11 is 0. The van der Waals surface area contributed by atoms with Crippen molar-refractivity contribution in [3.05, 3.63) is 70.8 Å². The number of furan rings is 1. The van der Waals surface area contributed by atoms with E-state index in [0.717, 1.165) is 18.4 Å². The summed E-state index contributed by atoms with van der Waals surface area (Å²) in [6.45, 7) is 1.83. The summed E-state index contributed by atoms with van der Waals surface area (Å²) in [6, 6.07) is 10.2. The molecule has 2 heterocycles. The molecule has 150 valence electrons. The van der Waals surface area contributed by atoms with Crippen LogP contribution in [0.3, 0.4) is 0 Å². The molecule has 0 fully saturated rings. The van der Waals surface area contributed by atoms with Gasteiger partial charge in [-0.1, -0.05) is 18.2 Å². The average Bonchev–Trinajstić information content (AvgIpc) is 3.09. The van der Waals surface area contributed by atoms with Gasteiger partial charge in [0.05, 0.1) is 0 Å². The van der Waals surface area contributed by atoms with E-state index in [4.69, 9.17) is 4.42 Å². The average molecular weight is 400 g/mol. The first kappa shape index (κ1) is 19.2. The molecule has 1 aromatic carbocycles. The van der Waals surface area contributed by atoms with Gasteiger partial charge in [0.1, 0.15) is 11.6 Å². The van der Waals surface area contributed by atoms with E-state index in [1.165, 1.54) is 18.3 Å². The van der Waals surface area contributed by atoms with Crippen LogP contribution in [0, 0.1) is 6.92 Å². The molecule has 2 aromatic heterocycles. The second-order valence-electron chi connectivity index (χ2n) is 7.11. The molecule has 1 aliphatic carbocycles. The number of nitrogens with one attached hydrogen (secondary N) is 1. The van der Waals surface area contributed by atoms with Gasteiger partial charge in [-0.2, -0.15) is 13.2 Å². The van der Waals surface area contributed by atoms with Crippen LogP contribution in [0.5, 0.6) is 0 Å². The molecule has 1 N–H and O–H groups in total. The van der Waals surface area contributed by atoms with Gasteiger partial charge in [-0.05, 0) is 49.9 Å². The summed E-state index contributed by atoms with van der Waals surface area (Å²) in [5, 5.41) is 2.68. The number of aryl methyl sites for hydroxylation is 2. The van der Waals surface area contributed by atoms with Gasteiger partial charge >= 0.3 is 6.18 Å². The van der Waals surface area contributed by atoms with Gasteiger partial charge in [0.25, 0.3) is 5.91 Å². The molecular formula is C22H19F3N2O2. The lowest BCUT2D eigenvalue weighted by Gasteiger charge is -2.12. The molecule has 1 aliphatic rings. The molecule has 0 atom stereocenters. The van der Waals surface area contributed by atoms with Crippen molar-refractivity contribution in [3.63, 3.8) is 0 Å². The van der Waals surface area contributed by atoms with Crippen LogP contribution in [0.4, 0.5) is 19.0 Å². The highest BCUT2D eigenvalue weighted by molar-refractivity contribution is 6.04. The van der Waals surface area contributed by atoms with Gasteiger partial charge in [-0.25, -0.2) is 4.98 Å². The Hall–Kier alpha value is -3.09. The van der Waals surface area contributed by atoms with Gasteiger partial charge in [0.15, 0.2) is 0 Å². The number of pyridine rings is 1. The Morgan fingerprint density at radius 3 is 2.55 bits per heavy atom. The number of aromatic nitrogens is 1. The Bertz CT molecular complexity index is 1050. The lowest BCUT2D eigenvalue weighted by Crippen LogP contribution is -2.14. The number of benzene rings is 1. The predicted molar refractivity (Wildman–Crippen MR) is 103 cm³/mol. The number of carbonyl (C=O) groups excluding carboxylic acids is 1. The van der Waals surface area contributed by atoms with Crippen LogP contribution in [-0.2, 0) is 19.0 Å². The Morgan fingerprint density at radius 2 is 1.86 bits per heavy atom. The van der Waals surface area contributed by atoms with Gasteiger partial charge < -0.3 is 9.73 Å². The van der Waals surface area contributed by atoms with Crippen molar-refractivity contribution in [1.29, 1.82) is 0 Å². The molecule has 0 unspecified atom stereocenters. The highest BCUT2D eigenvalue weighted by atomic mass is 19.4. The second kappa shape index (κ2) is 7.39. The summed E-state index contributed by atoms with van der Waals surface area (Å²) in [4.78, 5) is 16.6. The molecule has 0 saturated carbocycles. The molecule has 0 saturated heterocycles.